The molecule has 2 aromatic carbocycles. The Morgan fingerprint density at radius 2 is 1.86 bits per heavy atom. The van der Waals surface area contributed by atoms with E-state index in [1.165, 1.54) is 6.07 Å². The SMILES string of the molecule is CN(Cc1cccc(Cl)c1)c1cccc(S(C)(=O)=O)c1N. The summed E-state index contributed by atoms with van der Waals surface area (Å²) in [6, 6.07) is 12.5. The number of sulfone groups is 1. The second-order valence-corrected chi connectivity index (χ2v) is 7.37. The van der Waals surface area contributed by atoms with Gasteiger partial charge in [-0.15, -0.1) is 0 Å². The number of nitrogens with two attached hydrogens (primary N) is 1. The van der Waals surface area contributed by atoms with Gasteiger partial charge in [0.25, 0.3) is 0 Å². The third kappa shape index (κ3) is 3.68. The topological polar surface area (TPSA) is 63.4 Å². The summed E-state index contributed by atoms with van der Waals surface area (Å²) in [5.74, 6) is 0. The Morgan fingerprint density at radius 3 is 2.48 bits per heavy atom. The van der Waals surface area contributed by atoms with Gasteiger partial charge in [0.05, 0.1) is 16.3 Å². The van der Waals surface area contributed by atoms with Crippen LogP contribution in [0.1, 0.15) is 5.56 Å². The van der Waals surface area contributed by atoms with E-state index in [2.05, 4.69) is 0 Å². The maximum atomic E-state index is 11.7. The molecule has 4 nitrogen and oxygen atoms in total. The molecular weight excluding hydrogens is 308 g/mol. The fraction of sp³-hybridized carbons (Fsp3) is 0.200. The lowest BCUT2D eigenvalue weighted by atomic mass is 10.2. The molecule has 112 valence electrons. The third-order valence-electron chi connectivity index (χ3n) is 3.16. The van der Waals surface area contributed by atoms with E-state index >= 15 is 0 Å². The van der Waals surface area contributed by atoms with E-state index in [9.17, 15) is 8.42 Å². The van der Waals surface area contributed by atoms with Crippen molar-refractivity contribution in [3.63, 3.8) is 0 Å². The molecule has 0 spiro atoms. The van der Waals surface area contributed by atoms with E-state index in [-0.39, 0.29) is 10.6 Å². The highest BCUT2D eigenvalue weighted by Crippen LogP contribution is 2.30. The first-order valence-corrected chi connectivity index (χ1v) is 8.60. The van der Waals surface area contributed by atoms with Gasteiger partial charge < -0.3 is 10.6 Å². The van der Waals surface area contributed by atoms with Gasteiger partial charge in [-0.2, -0.15) is 0 Å². The van der Waals surface area contributed by atoms with Gasteiger partial charge in [0.2, 0.25) is 0 Å². The van der Waals surface area contributed by atoms with E-state index in [0.717, 1.165) is 11.8 Å². The van der Waals surface area contributed by atoms with Crippen molar-refractivity contribution < 1.29 is 8.42 Å². The number of nitrogen functional groups attached to an aromatic ring is 1. The zero-order valence-corrected chi connectivity index (χ0v) is 13.4. The van der Waals surface area contributed by atoms with Crippen LogP contribution in [0.2, 0.25) is 5.02 Å². The van der Waals surface area contributed by atoms with E-state index in [1.807, 2.05) is 36.2 Å². The van der Waals surface area contributed by atoms with Crippen LogP contribution in [-0.4, -0.2) is 21.7 Å². The Labute approximate surface area is 130 Å². The predicted octanol–water partition coefficient (Wildman–Crippen LogP) is 2.96. The van der Waals surface area contributed by atoms with Crippen molar-refractivity contribution in [3.05, 3.63) is 53.1 Å². The Kier molecular flexibility index (Phi) is 4.44. The zero-order chi connectivity index (χ0) is 15.6. The van der Waals surface area contributed by atoms with Crippen LogP contribution in [0.15, 0.2) is 47.4 Å². The number of nitrogens with zero attached hydrogens (tertiary/aromatic N) is 1. The van der Waals surface area contributed by atoms with Crippen LogP contribution in [0.3, 0.4) is 0 Å². The molecule has 0 aliphatic rings. The third-order valence-corrected chi connectivity index (χ3v) is 4.55. The average molecular weight is 325 g/mol. The van der Waals surface area contributed by atoms with Crippen molar-refractivity contribution in [2.75, 3.05) is 23.9 Å². The van der Waals surface area contributed by atoms with Crippen molar-refractivity contribution in [3.8, 4) is 0 Å². The van der Waals surface area contributed by atoms with Gasteiger partial charge >= 0.3 is 0 Å². The summed E-state index contributed by atoms with van der Waals surface area (Å²) in [4.78, 5) is 2.05. The van der Waals surface area contributed by atoms with Crippen LogP contribution in [-0.2, 0) is 16.4 Å². The largest absolute Gasteiger partial charge is 0.396 e. The monoisotopic (exact) mass is 324 g/mol. The van der Waals surface area contributed by atoms with Gasteiger partial charge in [0, 0.05) is 24.9 Å². The van der Waals surface area contributed by atoms with Crippen molar-refractivity contribution in [2.24, 2.45) is 0 Å². The smallest absolute Gasteiger partial charge is 0.177 e. The van der Waals surface area contributed by atoms with E-state index in [4.69, 9.17) is 17.3 Å². The minimum absolute atomic E-state index is 0.151. The molecule has 0 bridgehead atoms. The molecule has 21 heavy (non-hydrogen) atoms. The van der Waals surface area contributed by atoms with Gasteiger partial charge in [-0.05, 0) is 29.8 Å². The number of halogens is 1. The Balaban J connectivity index is 2.34. The fourth-order valence-corrected chi connectivity index (χ4v) is 3.23. The molecule has 0 saturated heterocycles. The molecule has 0 fully saturated rings. The van der Waals surface area contributed by atoms with Crippen LogP contribution >= 0.6 is 11.6 Å². The lowest BCUT2D eigenvalue weighted by molar-refractivity contribution is 0.602. The standard InChI is InChI=1S/C15H17ClN2O2S/c1-18(10-11-5-3-6-12(16)9-11)13-7-4-8-14(15(13)17)21(2,19)20/h3-9H,10,17H2,1-2H3. The second kappa shape index (κ2) is 5.95. The minimum atomic E-state index is -3.34. The summed E-state index contributed by atoms with van der Waals surface area (Å²) in [7, 11) is -1.48. The number of anilines is 2. The number of benzene rings is 2. The summed E-state index contributed by atoms with van der Waals surface area (Å²) in [6.45, 7) is 0.581. The zero-order valence-electron chi connectivity index (χ0n) is 11.9. The highest BCUT2D eigenvalue weighted by Gasteiger charge is 2.16. The van der Waals surface area contributed by atoms with Crippen molar-refractivity contribution in [1.29, 1.82) is 0 Å². The molecule has 0 atom stereocenters. The molecule has 2 aromatic rings. The molecule has 0 aliphatic carbocycles. The highest BCUT2D eigenvalue weighted by molar-refractivity contribution is 7.90. The number of hydrogen-bond acceptors (Lipinski definition) is 4. The van der Waals surface area contributed by atoms with E-state index < -0.39 is 9.84 Å². The molecule has 0 aliphatic heterocycles. The van der Waals surface area contributed by atoms with Crippen LogP contribution in [0.4, 0.5) is 11.4 Å². The maximum Gasteiger partial charge on any atom is 0.177 e. The van der Waals surface area contributed by atoms with Gasteiger partial charge in [-0.1, -0.05) is 29.8 Å². The van der Waals surface area contributed by atoms with Gasteiger partial charge in [-0.3, -0.25) is 0 Å². The number of rotatable bonds is 4. The van der Waals surface area contributed by atoms with E-state index in [0.29, 0.717) is 17.3 Å². The van der Waals surface area contributed by atoms with Crippen molar-refractivity contribution >= 4 is 32.8 Å². The van der Waals surface area contributed by atoms with Gasteiger partial charge in [0.1, 0.15) is 0 Å². The lowest BCUT2D eigenvalue weighted by Crippen LogP contribution is -2.19. The second-order valence-electron chi connectivity index (χ2n) is 4.95. The first-order valence-electron chi connectivity index (χ1n) is 6.33. The van der Waals surface area contributed by atoms with Crippen LogP contribution in [0.25, 0.3) is 0 Å². The Hall–Kier alpha value is -1.72. The summed E-state index contributed by atoms with van der Waals surface area (Å²) < 4.78 is 23.4. The molecule has 0 amide bonds. The molecule has 0 unspecified atom stereocenters. The lowest BCUT2D eigenvalue weighted by Gasteiger charge is -2.22. The van der Waals surface area contributed by atoms with Crippen molar-refractivity contribution in [1.82, 2.24) is 0 Å². The Morgan fingerprint density at radius 1 is 1.19 bits per heavy atom. The quantitative estimate of drug-likeness (QED) is 0.878. The fourth-order valence-electron chi connectivity index (χ4n) is 2.18. The summed E-state index contributed by atoms with van der Waals surface area (Å²) in [5, 5.41) is 0.666. The molecule has 2 N–H and O–H groups in total. The first kappa shape index (κ1) is 15.7. The molecule has 0 saturated carbocycles. The summed E-state index contributed by atoms with van der Waals surface area (Å²) >= 11 is 5.97. The number of hydrogen-bond donors (Lipinski definition) is 1. The molecule has 6 heteroatoms. The van der Waals surface area contributed by atoms with Crippen molar-refractivity contribution in [2.45, 2.75) is 11.4 Å². The normalized spacial score (nSPS) is 11.4. The van der Waals surface area contributed by atoms with Crippen LogP contribution < -0.4 is 10.6 Å². The molecule has 2 rings (SSSR count). The van der Waals surface area contributed by atoms with E-state index in [1.54, 1.807) is 12.1 Å². The molecule has 0 heterocycles. The summed E-state index contributed by atoms with van der Waals surface area (Å²) in [5.41, 5.74) is 7.98. The summed E-state index contributed by atoms with van der Waals surface area (Å²) in [6.07, 6.45) is 1.15. The minimum Gasteiger partial charge on any atom is -0.396 e. The average Bonchev–Trinajstić information content (AvgIpc) is 2.37. The molecular formula is C15H17ClN2O2S. The highest BCUT2D eigenvalue weighted by atomic mass is 35.5. The maximum absolute atomic E-state index is 11.7. The predicted molar refractivity (Wildman–Crippen MR) is 87.5 cm³/mol. The van der Waals surface area contributed by atoms with Gasteiger partial charge in [0.15, 0.2) is 9.84 Å². The number of para-hydroxylation sites is 1. The molecule has 0 radical (unpaired) electrons. The van der Waals surface area contributed by atoms with Crippen LogP contribution in [0, 0.1) is 0 Å². The van der Waals surface area contributed by atoms with Gasteiger partial charge in [-0.25, -0.2) is 8.42 Å². The first-order chi connectivity index (χ1) is 9.79. The van der Waals surface area contributed by atoms with Crippen LogP contribution in [0.5, 0.6) is 0 Å². The Bertz CT molecular complexity index is 760. The molecule has 0 aromatic heterocycles.